The summed E-state index contributed by atoms with van der Waals surface area (Å²) in [6.45, 7) is 7.30. The van der Waals surface area contributed by atoms with Crippen LogP contribution in [0.2, 0.25) is 0 Å². The summed E-state index contributed by atoms with van der Waals surface area (Å²) in [4.78, 5) is 11.8. The van der Waals surface area contributed by atoms with Crippen LogP contribution in [0, 0.1) is 11.8 Å². The third-order valence-electron chi connectivity index (χ3n) is 7.67. The van der Waals surface area contributed by atoms with E-state index in [1.807, 2.05) is 26.0 Å². The first-order valence-corrected chi connectivity index (χ1v) is 14.6. The van der Waals surface area contributed by atoms with Crippen molar-refractivity contribution in [2.24, 2.45) is 11.8 Å². The van der Waals surface area contributed by atoms with Crippen molar-refractivity contribution in [1.82, 2.24) is 15.3 Å². The van der Waals surface area contributed by atoms with Crippen LogP contribution in [0.1, 0.15) is 70.2 Å². The van der Waals surface area contributed by atoms with E-state index >= 15 is 0 Å². The number of anilines is 1. The average molecular weight is 519 g/mol. The van der Waals surface area contributed by atoms with Gasteiger partial charge < -0.3 is 19.7 Å². The van der Waals surface area contributed by atoms with Crippen molar-refractivity contribution >= 4 is 16.7 Å². The van der Waals surface area contributed by atoms with E-state index in [4.69, 9.17) is 19.4 Å². The summed E-state index contributed by atoms with van der Waals surface area (Å²) in [6, 6.07) is 14.5. The first kappa shape index (κ1) is 28.2. The zero-order valence-electron chi connectivity index (χ0n) is 23.8. The molecule has 0 amide bonds. The Kier molecular flexibility index (Phi) is 10.6. The van der Waals surface area contributed by atoms with Crippen LogP contribution in [0.5, 0.6) is 11.5 Å². The van der Waals surface area contributed by atoms with Crippen molar-refractivity contribution in [2.45, 2.75) is 71.8 Å². The Bertz CT molecular complexity index is 1140. The van der Waals surface area contributed by atoms with Gasteiger partial charge in [0.1, 0.15) is 23.1 Å². The summed E-state index contributed by atoms with van der Waals surface area (Å²) in [5.74, 6) is 5.51. The molecule has 1 saturated carbocycles. The van der Waals surface area contributed by atoms with Crippen molar-refractivity contribution in [1.29, 1.82) is 0 Å². The zero-order chi connectivity index (χ0) is 26.7. The molecule has 0 unspecified atom stereocenters. The SMILES string of the molecule is CCOc1ccc(OCC)c(CNCC2CCC(CCCCc3nc(N(C)C)c4ccccc4n3)CC2)c1. The summed E-state index contributed by atoms with van der Waals surface area (Å²) >= 11 is 0. The van der Waals surface area contributed by atoms with Gasteiger partial charge in [-0.15, -0.1) is 0 Å². The monoisotopic (exact) mass is 518 g/mol. The third-order valence-corrected chi connectivity index (χ3v) is 7.67. The van der Waals surface area contributed by atoms with E-state index in [1.54, 1.807) is 0 Å². The molecule has 0 spiro atoms. The Morgan fingerprint density at radius 2 is 1.66 bits per heavy atom. The summed E-state index contributed by atoms with van der Waals surface area (Å²) in [5, 5.41) is 4.82. The normalized spacial score (nSPS) is 17.5. The van der Waals surface area contributed by atoms with Crippen LogP contribution < -0.4 is 19.7 Å². The zero-order valence-corrected chi connectivity index (χ0v) is 23.8. The van der Waals surface area contributed by atoms with E-state index < -0.39 is 0 Å². The van der Waals surface area contributed by atoms with Crippen molar-refractivity contribution < 1.29 is 9.47 Å². The highest BCUT2D eigenvalue weighted by atomic mass is 16.5. The summed E-state index contributed by atoms with van der Waals surface area (Å²) in [6.07, 6.45) is 10.1. The second-order valence-electron chi connectivity index (χ2n) is 10.8. The predicted molar refractivity (Wildman–Crippen MR) is 157 cm³/mol. The lowest BCUT2D eigenvalue weighted by molar-refractivity contribution is 0.252. The number of ether oxygens (including phenoxy) is 2. The van der Waals surface area contributed by atoms with Gasteiger partial charge in [0.2, 0.25) is 0 Å². The minimum absolute atomic E-state index is 0.678. The molecule has 6 nitrogen and oxygen atoms in total. The molecule has 0 bridgehead atoms. The van der Waals surface area contributed by atoms with Gasteiger partial charge in [0, 0.05) is 38.0 Å². The molecule has 1 N–H and O–H groups in total. The van der Waals surface area contributed by atoms with Gasteiger partial charge in [-0.1, -0.05) is 37.8 Å². The number of aryl methyl sites for hydroxylation is 1. The van der Waals surface area contributed by atoms with Crippen LogP contribution in [0.3, 0.4) is 0 Å². The molecule has 1 fully saturated rings. The highest BCUT2D eigenvalue weighted by Gasteiger charge is 2.21. The number of nitrogens with one attached hydrogen (secondary N) is 1. The molecule has 1 heterocycles. The highest BCUT2D eigenvalue weighted by molar-refractivity contribution is 5.89. The lowest BCUT2D eigenvalue weighted by Gasteiger charge is -2.29. The number of unbranched alkanes of at least 4 members (excludes halogenated alkanes) is 1. The highest BCUT2D eigenvalue weighted by Crippen LogP contribution is 2.32. The molecule has 3 aromatic rings. The Morgan fingerprint density at radius 1 is 0.895 bits per heavy atom. The fourth-order valence-corrected chi connectivity index (χ4v) is 5.66. The predicted octanol–water partition coefficient (Wildman–Crippen LogP) is 6.80. The molecule has 1 aromatic heterocycles. The van der Waals surface area contributed by atoms with Gasteiger partial charge in [-0.25, -0.2) is 9.97 Å². The lowest BCUT2D eigenvalue weighted by atomic mass is 9.79. The molecule has 6 heteroatoms. The number of rotatable bonds is 14. The first-order valence-electron chi connectivity index (χ1n) is 14.6. The van der Waals surface area contributed by atoms with Crippen molar-refractivity contribution in [3.8, 4) is 11.5 Å². The maximum Gasteiger partial charge on any atom is 0.139 e. The van der Waals surface area contributed by atoms with Gasteiger partial charge in [0.05, 0.1) is 18.7 Å². The van der Waals surface area contributed by atoms with E-state index in [-0.39, 0.29) is 0 Å². The molecular formula is C32H46N4O2. The summed E-state index contributed by atoms with van der Waals surface area (Å²) in [5.41, 5.74) is 2.23. The van der Waals surface area contributed by atoms with Gasteiger partial charge in [0.25, 0.3) is 0 Å². The molecule has 0 radical (unpaired) electrons. The smallest absolute Gasteiger partial charge is 0.139 e. The van der Waals surface area contributed by atoms with Crippen LogP contribution in [-0.2, 0) is 13.0 Å². The molecular weight excluding hydrogens is 472 g/mol. The molecule has 0 saturated heterocycles. The van der Waals surface area contributed by atoms with Crippen LogP contribution in [-0.4, -0.2) is 43.8 Å². The van der Waals surface area contributed by atoms with Crippen molar-refractivity contribution in [2.75, 3.05) is 38.8 Å². The fourth-order valence-electron chi connectivity index (χ4n) is 5.66. The molecule has 1 aliphatic rings. The van der Waals surface area contributed by atoms with Gasteiger partial charge in [0.15, 0.2) is 0 Å². The van der Waals surface area contributed by atoms with E-state index in [2.05, 4.69) is 54.6 Å². The molecule has 0 atom stereocenters. The van der Waals surface area contributed by atoms with Crippen LogP contribution in [0.4, 0.5) is 5.82 Å². The second kappa shape index (κ2) is 14.3. The molecule has 38 heavy (non-hydrogen) atoms. The topological polar surface area (TPSA) is 59.5 Å². The standard InChI is InChI=1S/C32H46N4O2/c1-5-37-27-19-20-30(38-6-2)26(21-27)23-33-22-25-17-15-24(16-18-25)11-7-10-14-31-34-29-13-9-8-12-28(29)32(35-31)36(3)4/h8-9,12-13,19-21,24-25,33H,5-7,10-11,14-18,22-23H2,1-4H3. The number of aromatic nitrogens is 2. The van der Waals surface area contributed by atoms with E-state index in [1.165, 1.54) is 44.1 Å². The van der Waals surface area contributed by atoms with E-state index in [0.29, 0.717) is 13.2 Å². The summed E-state index contributed by atoms with van der Waals surface area (Å²) < 4.78 is 11.5. The number of nitrogens with zero attached hydrogens (tertiary/aromatic N) is 3. The Labute approximate surface area is 229 Å². The third kappa shape index (κ3) is 7.83. The number of fused-ring (bicyclic) bond motifs is 1. The average Bonchev–Trinajstić information content (AvgIpc) is 2.93. The van der Waals surface area contributed by atoms with Gasteiger partial charge in [-0.3, -0.25) is 0 Å². The van der Waals surface area contributed by atoms with E-state index in [9.17, 15) is 0 Å². The Hall–Kier alpha value is -2.86. The molecule has 206 valence electrons. The second-order valence-corrected chi connectivity index (χ2v) is 10.8. The van der Waals surface area contributed by atoms with Gasteiger partial charge in [-0.2, -0.15) is 0 Å². The molecule has 4 rings (SSSR count). The number of hydrogen-bond acceptors (Lipinski definition) is 6. The molecule has 0 aliphatic heterocycles. The number of hydrogen-bond donors (Lipinski definition) is 1. The van der Waals surface area contributed by atoms with Crippen LogP contribution in [0.15, 0.2) is 42.5 Å². The maximum atomic E-state index is 5.83. The van der Waals surface area contributed by atoms with Crippen molar-refractivity contribution in [3.63, 3.8) is 0 Å². The van der Waals surface area contributed by atoms with Crippen LogP contribution in [0.25, 0.3) is 10.9 Å². The molecule has 2 aromatic carbocycles. The lowest BCUT2D eigenvalue weighted by Crippen LogP contribution is -2.26. The van der Waals surface area contributed by atoms with Crippen LogP contribution >= 0.6 is 0 Å². The number of para-hydroxylation sites is 1. The van der Waals surface area contributed by atoms with E-state index in [0.717, 1.165) is 71.8 Å². The Balaban J connectivity index is 1.16. The van der Waals surface area contributed by atoms with Crippen molar-refractivity contribution in [3.05, 3.63) is 53.9 Å². The minimum Gasteiger partial charge on any atom is -0.494 e. The quantitative estimate of drug-likeness (QED) is 0.237. The summed E-state index contributed by atoms with van der Waals surface area (Å²) in [7, 11) is 4.12. The van der Waals surface area contributed by atoms with Gasteiger partial charge >= 0.3 is 0 Å². The molecule has 1 aliphatic carbocycles. The number of benzene rings is 2. The first-order chi connectivity index (χ1) is 18.6. The van der Waals surface area contributed by atoms with Gasteiger partial charge in [-0.05, 0) is 81.8 Å². The Morgan fingerprint density at radius 3 is 2.42 bits per heavy atom. The fraction of sp³-hybridized carbons (Fsp3) is 0.562. The maximum absolute atomic E-state index is 5.83. The largest absolute Gasteiger partial charge is 0.494 e. The minimum atomic E-state index is 0.678.